The third-order valence-electron chi connectivity index (χ3n) is 4.97. The lowest BCUT2D eigenvalue weighted by atomic mass is 9.82. The molecule has 0 aliphatic heterocycles. The average Bonchev–Trinajstić information content (AvgIpc) is 2.95. The van der Waals surface area contributed by atoms with Gasteiger partial charge in [-0.05, 0) is 56.9 Å². The zero-order valence-electron chi connectivity index (χ0n) is 13.3. The van der Waals surface area contributed by atoms with Gasteiger partial charge in [0.1, 0.15) is 0 Å². The molecule has 0 radical (unpaired) electrons. The predicted octanol–water partition coefficient (Wildman–Crippen LogP) is 5.80. The van der Waals surface area contributed by atoms with Gasteiger partial charge in [-0.2, -0.15) is 0 Å². The van der Waals surface area contributed by atoms with Crippen molar-refractivity contribution in [2.24, 2.45) is 5.41 Å². The largest absolute Gasteiger partial charge is 0.0729 e. The van der Waals surface area contributed by atoms with Crippen molar-refractivity contribution in [1.82, 2.24) is 0 Å². The maximum absolute atomic E-state index is 2.46. The maximum atomic E-state index is 2.46. The summed E-state index contributed by atoms with van der Waals surface area (Å²) in [7, 11) is 0. The van der Waals surface area contributed by atoms with Gasteiger partial charge in [-0.3, -0.25) is 0 Å². The van der Waals surface area contributed by atoms with Crippen LogP contribution in [-0.4, -0.2) is 0 Å². The van der Waals surface area contributed by atoms with E-state index < -0.39 is 0 Å². The van der Waals surface area contributed by atoms with Crippen LogP contribution in [0.4, 0.5) is 0 Å². The van der Waals surface area contributed by atoms with Gasteiger partial charge in [-0.25, -0.2) is 0 Å². The summed E-state index contributed by atoms with van der Waals surface area (Å²) in [5.41, 5.74) is 10.6. The highest BCUT2D eigenvalue weighted by molar-refractivity contribution is 5.85. The minimum atomic E-state index is 0.214. The van der Waals surface area contributed by atoms with Gasteiger partial charge in [0.05, 0.1) is 0 Å². The molecule has 4 rings (SSSR count). The Bertz CT molecular complexity index is 769. The van der Waals surface area contributed by atoms with Gasteiger partial charge in [0.2, 0.25) is 0 Å². The first-order valence-electron chi connectivity index (χ1n) is 7.93. The van der Waals surface area contributed by atoms with Crippen LogP contribution in [0.5, 0.6) is 0 Å². The highest BCUT2D eigenvalue weighted by atomic mass is 14.3. The number of hydrogen-bond acceptors (Lipinski definition) is 0. The van der Waals surface area contributed by atoms with Crippen LogP contribution in [0, 0.1) is 5.41 Å². The van der Waals surface area contributed by atoms with Crippen molar-refractivity contribution in [1.29, 1.82) is 0 Å². The van der Waals surface area contributed by atoms with E-state index in [2.05, 4.69) is 70.2 Å². The Kier molecular flexibility index (Phi) is 2.52. The molecular formula is C21H22. The first-order valence-corrected chi connectivity index (χ1v) is 7.93. The van der Waals surface area contributed by atoms with Crippen LogP contribution < -0.4 is 0 Å². The lowest BCUT2D eigenvalue weighted by molar-refractivity contribution is 0.567. The van der Waals surface area contributed by atoms with Crippen LogP contribution in [-0.2, 0) is 6.42 Å². The fourth-order valence-corrected chi connectivity index (χ4v) is 3.90. The number of allylic oxidation sites excluding steroid dienone is 2. The molecule has 0 saturated heterocycles. The molecule has 0 N–H and O–H groups in total. The van der Waals surface area contributed by atoms with E-state index in [0.29, 0.717) is 5.92 Å². The molecule has 1 unspecified atom stereocenters. The summed E-state index contributed by atoms with van der Waals surface area (Å²) in [5.74, 6) is 0.545. The predicted molar refractivity (Wildman–Crippen MR) is 90.5 cm³/mol. The third kappa shape index (κ3) is 1.82. The van der Waals surface area contributed by atoms with E-state index in [9.17, 15) is 0 Å². The second kappa shape index (κ2) is 4.10. The first-order chi connectivity index (χ1) is 9.95. The zero-order valence-corrected chi connectivity index (χ0v) is 13.3. The highest BCUT2D eigenvalue weighted by Crippen LogP contribution is 2.48. The Hall–Kier alpha value is -1.82. The van der Waals surface area contributed by atoms with E-state index in [-0.39, 0.29) is 5.41 Å². The molecule has 0 heterocycles. The summed E-state index contributed by atoms with van der Waals surface area (Å²) >= 11 is 0. The van der Waals surface area contributed by atoms with Gasteiger partial charge in [0, 0.05) is 5.92 Å². The minimum Gasteiger partial charge on any atom is -0.0729 e. The molecule has 0 saturated carbocycles. The van der Waals surface area contributed by atoms with Crippen LogP contribution in [0.15, 0.2) is 42.5 Å². The van der Waals surface area contributed by atoms with Gasteiger partial charge in [0.15, 0.2) is 0 Å². The molecule has 0 nitrogen and oxygen atoms in total. The number of hydrogen-bond donors (Lipinski definition) is 0. The minimum absolute atomic E-state index is 0.214. The SMILES string of the molecule is CC1C=C(C(C)(C)C)c2cc3c(cc21)Cc1ccccc1-3. The summed E-state index contributed by atoms with van der Waals surface area (Å²) in [6.45, 7) is 9.29. The van der Waals surface area contributed by atoms with Gasteiger partial charge < -0.3 is 0 Å². The molecule has 0 aromatic heterocycles. The molecule has 0 fully saturated rings. The van der Waals surface area contributed by atoms with Gasteiger partial charge >= 0.3 is 0 Å². The fourth-order valence-electron chi connectivity index (χ4n) is 3.90. The fraction of sp³-hybridized carbons (Fsp3) is 0.333. The lowest BCUT2D eigenvalue weighted by Crippen LogP contribution is -2.07. The molecule has 0 spiro atoms. The molecule has 0 heteroatoms. The Morgan fingerprint density at radius 2 is 1.67 bits per heavy atom. The lowest BCUT2D eigenvalue weighted by Gasteiger charge is -2.22. The van der Waals surface area contributed by atoms with E-state index in [4.69, 9.17) is 0 Å². The van der Waals surface area contributed by atoms with Crippen LogP contribution >= 0.6 is 0 Å². The van der Waals surface area contributed by atoms with Crippen molar-refractivity contribution in [3.05, 3.63) is 64.7 Å². The molecule has 0 bridgehead atoms. The Morgan fingerprint density at radius 3 is 2.43 bits per heavy atom. The van der Waals surface area contributed by atoms with Crippen molar-refractivity contribution in [3.8, 4) is 11.1 Å². The topological polar surface area (TPSA) is 0 Å². The van der Waals surface area contributed by atoms with Gasteiger partial charge in [-0.15, -0.1) is 0 Å². The van der Waals surface area contributed by atoms with E-state index in [0.717, 1.165) is 6.42 Å². The molecule has 2 aromatic rings. The molecular weight excluding hydrogens is 252 g/mol. The van der Waals surface area contributed by atoms with Crippen LogP contribution in [0.2, 0.25) is 0 Å². The summed E-state index contributed by atoms with van der Waals surface area (Å²) in [6, 6.07) is 13.8. The summed E-state index contributed by atoms with van der Waals surface area (Å²) in [6.07, 6.45) is 3.56. The number of benzene rings is 2. The Labute approximate surface area is 127 Å². The monoisotopic (exact) mass is 274 g/mol. The molecule has 2 aliphatic carbocycles. The van der Waals surface area contributed by atoms with Crippen molar-refractivity contribution in [3.63, 3.8) is 0 Å². The van der Waals surface area contributed by atoms with Crippen LogP contribution in [0.3, 0.4) is 0 Å². The summed E-state index contributed by atoms with van der Waals surface area (Å²) in [5, 5.41) is 0. The van der Waals surface area contributed by atoms with E-state index in [1.54, 1.807) is 0 Å². The van der Waals surface area contributed by atoms with Crippen LogP contribution in [0.25, 0.3) is 16.7 Å². The van der Waals surface area contributed by atoms with E-state index >= 15 is 0 Å². The van der Waals surface area contributed by atoms with Crippen LogP contribution in [0.1, 0.15) is 55.9 Å². The molecule has 2 aliphatic rings. The second-order valence-electron chi connectivity index (χ2n) is 7.55. The molecule has 2 aromatic carbocycles. The Morgan fingerprint density at radius 1 is 0.905 bits per heavy atom. The quantitative estimate of drug-likeness (QED) is 0.485. The average molecular weight is 274 g/mol. The van der Waals surface area contributed by atoms with Crippen molar-refractivity contribution in [2.75, 3.05) is 0 Å². The highest BCUT2D eigenvalue weighted by Gasteiger charge is 2.30. The Balaban J connectivity index is 1.93. The summed E-state index contributed by atoms with van der Waals surface area (Å²) in [4.78, 5) is 0. The normalized spacial score (nSPS) is 19.0. The second-order valence-corrected chi connectivity index (χ2v) is 7.55. The smallest absolute Gasteiger partial charge is 0.000195 e. The number of rotatable bonds is 0. The van der Waals surface area contributed by atoms with E-state index in [1.807, 2.05) is 0 Å². The molecule has 106 valence electrons. The molecule has 1 atom stereocenters. The van der Waals surface area contributed by atoms with Crippen molar-refractivity contribution < 1.29 is 0 Å². The standard InChI is InChI=1S/C21H22/c1-13-9-20(21(2,3)4)19-12-18-15(11-17(13)19)10-14-7-5-6-8-16(14)18/h5-9,11-13H,10H2,1-4H3. The third-order valence-corrected chi connectivity index (χ3v) is 4.97. The molecule has 0 amide bonds. The maximum Gasteiger partial charge on any atom is 0.000195 e. The summed E-state index contributed by atoms with van der Waals surface area (Å²) < 4.78 is 0. The zero-order chi connectivity index (χ0) is 14.8. The van der Waals surface area contributed by atoms with Gasteiger partial charge in [0.25, 0.3) is 0 Å². The van der Waals surface area contributed by atoms with Crippen molar-refractivity contribution >= 4 is 5.57 Å². The first kappa shape index (κ1) is 12.9. The molecule has 21 heavy (non-hydrogen) atoms. The van der Waals surface area contributed by atoms with Crippen molar-refractivity contribution in [2.45, 2.75) is 40.0 Å². The van der Waals surface area contributed by atoms with E-state index in [1.165, 1.54) is 39.0 Å². The number of fused-ring (bicyclic) bond motifs is 4. The van der Waals surface area contributed by atoms with Gasteiger partial charge in [-0.1, -0.05) is 64.1 Å².